The monoisotopic (exact) mass is 325 g/mol. The Morgan fingerprint density at radius 3 is 2.91 bits per heavy atom. The van der Waals surface area contributed by atoms with Gasteiger partial charge in [0.2, 0.25) is 0 Å². The zero-order valence-electron chi connectivity index (χ0n) is 13.8. The summed E-state index contributed by atoms with van der Waals surface area (Å²) in [5, 5.41) is 6.38. The maximum Gasteiger partial charge on any atom is 0.251 e. The number of carbonyl (C=O) groups excluding carboxylic acids is 1. The van der Waals surface area contributed by atoms with Crippen LogP contribution in [0.4, 0.5) is 0 Å². The average molecular weight is 326 g/mol. The molecule has 0 radical (unpaired) electrons. The van der Waals surface area contributed by atoms with Crippen molar-refractivity contribution in [2.75, 3.05) is 26.2 Å². The molecule has 1 aliphatic rings. The van der Waals surface area contributed by atoms with Crippen molar-refractivity contribution < 1.29 is 4.79 Å². The molecule has 0 spiro atoms. The van der Waals surface area contributed by atoms with Gasteiger partial charge in [-0.15, -0.1) is 12.4 Å². The molecule has 22 heavy (non-hydrogen) atoms. The Bertz CT molecular complexity index is 479. The second-order valence-electron chi connectivity index (χ2n) is 6.33. The van der Waals surface area contributed by atoms with Crippen molar-refractivity contribution in [2.24, 2.45) is 5.92 Å². The van der Waals surface area contributed by atoms with Gasteiger partial charge in [-0.3, -0.25) is 9.69 Å². The Morgan fingerprint density at radius 2 is 2.23 bits per heavy atom. The van der Waals surface area contributed by atoms with Gasteiger partial charge in [0.05, 0.1) is 0 Å². The number of nitrogens with zero attached hydrogens (tertiary/aromatic N) is 1. The third-order valence-corrected chi connectivity index (χ3v) is 3.88. The van der Waals surface area contributed by atoms with Gasteiger partial charge in [0, 0.05) is 44.3 Å². The molecule has 1 aromatic carbocycles. The summed E-state index contributed by atoms with van der Waals surface area (Å²) in [5.41, 5.74) is 1.97. The first-order valence-corrected chi connectivity index (χ1v) is 7.88. The zero-order chi connectivity index (χ0) is 15.2. The molecule has 1 aliphatic heterocycles. The van der Waals surface area contributed by atoms with Crippen molar-refractivity contribution in [3.05, 3.63) is 35.4 Å². The van der Waals surface area contributed by atoms with E-state index in [0.29, 0.717) is 12.0 Å². The molecule has 1 fully saturated rings. The van der Waals surface area contributed by atoms with Crippen LogP contribution in [0, 0.1) is 5.92 Å². The highest BCUT2D eigenvalue weighted by atomic mass is 35.5. The molecule has 1 saturated heterocycles. The molecule has 0 bridgehead atoms. The highest BCUT2D eigenvalue weighted by molar-refractivity contribution is 5.94. The summed E-state index contributed by atoms with van der Waals surface area (Å²) >= 11 is 0. The van der Waals surface area contributed by atoms with E-state index in [4.69, 9.17) is 0 Å². The van der Waals surface area contributed by atoms with Crippen LogP contribution in [0.25, 0.3) is 0 Å². The highest BCUT2D eigenvalue weighted by Gasteiger charge is 2.18. The van der Waals surface area contributed by atoms with E-state index in [2.05, 4.69) is 42.4 Å². The lowest BCUT2D eigenvalue weighted by Gasteiger charge is -2.33. The molecule has 5 heteroatoms. The minimum Gasteiger partial charge on any atom is -0.352 e. The molecule has 1 aromatic rings. The fourth-order valence-electron chi connectivity index (χ4n) is 2.56. The van der Waals surface area contributed by atoms with Crippen molar-refractivity contribution in [3.8, 4) is 0 Å². The lowest BCUT2D eigenvalue weighted by molar-refractivity contribution is 0.0948. The van der Waals surface area contributed by atoms with E-state index in [9.17, 15) is 4.79 Å². The Kier molecular flexibility index (Phi) is 7.87. The number of hydrogen-bond donors (Lipinski definition) is 2. The van der Waals surface area contributed by atoms with Crippen LogP contribution in [0.3, 0.4) is 0 Å². The van der Waals surface area contributed by atoms with Crippen LogP contribution in [0.2, 0.25) is 0 Å². The van der Waals surface area contributed by atoms with Crippen LogP contribution in [-0.2, 0) is 6.54 Å². The van der Waals surface area contributed by atoms with Gasteiger partial charge in [-0.1, -0.05) is 26.0 Å². The second-order valence-corrected chi connectivity index (χ2v) is 6.33. The van der Waals surface area contributed by atoms with Crippen LogP contribution in [0.1, 0.15) is 36.7 Å². The summed E-state index contributed by atoms with van der Waals surface area (Å²) in [6.45, 7) is 11.2. The molecule has 0 unspecified atom stereocenters. The summed E-state index contributed by atoms with van der Waals surface area (Å²) in [7, 11) is 0. The Balaban J connectivity index is 0.00000242. The summed E-state index contributed by atoms with van der Waals surface area (Å²) in [6, 6.07) is 8.53. The van der Waals surface area contributed by atoms with Crippen molar-refractivity contribution >= 4 is 18.3 Å². The van der Waals surface area contributed by atoms with Crippen LogP contribution < -0.4 is 10.6 Å². The lowest BCUT2D eigenvalue weighted by atomic mass is 10.1. The number of nitrogens with one attached hydrogen (secondary N) is 2. The predicted molar refractivity (Wildman–Crippen MR) is 93.6 cm³/mol. The maximum atomic E-state index is 12.1. The first-order valence-electron chi connectivity index (χ1n) is 7.88. The molecule has 4 nitrogen and oxygen atoms in total. The van der Waals surface area contributed by atoms with Crippen LogP contribution in [-0.4, -0.2) is 43.0 Å². The maximum absolute atomic E-state index is 12.1. The largest absolute Gasteiger partial charge is 0.352 e. The van der Waals surface area contributed by atoms with Crippen LogP contribution in [0.5, 0.6) is 0 Å². The molecule has 0 saturated carbocycles. The van der Waals surface area contributed by atoms with E-state index >= 15 is 0 Å². The summed E-state index contributed by atoms with van der Waals surface area (Å²) in [4.78, 5) is 14.6. The predicted octanol–water partition coefficient (Wildman–Crippen LogP) is 2.29. The average Bonchev–Trinajstić information content (AvgIpc) is 2.47. The Hall–Kier alpha value is -1.10. The van der Waals surface area contributed by atoms with Gasteiger partial charge < -0.3 is 10.6 Å². The van der Waals surface area contributed by atoms with E-state index in [0.717, 1.165) is 38.3 Å². The molecule has 1 atom stereocenters. The molecular formula is C17H28ClN3O. The van der Waals surface area contributed by atoms with Gasteiger partial charge in [0.1, 0.15) is 0 Å². The normalized spacial score (nSPS) is 18.8. The molecule has 2 N–H and O–H groups in total. The number of benzene rings is 1. The molecule has 1 heterocycles. The number of hydrogen-bond acceptors (Lipinski definition) is 3. The first kappa shape index (κ1) is 18.9. The van der Waals surface area contributed by atoms with Gasteiger partial charge in [-0.25, -0.2) is 0 Å². The van der Waals surface area contributed by atoms with Gasteiger partial charge in [-0.2, -0.15) is 0 Å². The molecule has 124 valence electrons. The zero-order valence-corrected chi connectivity index (χ0v) is 14.6. The fourth-order valence-corrected chi connectivity index (χ4v) is 2.56. The molecule has 2 rings (SSSR count). The summed E-state index contributed by atoms with van der Waals surface area (Å²) in [6.07, 6.45) is 0. The Morgan fingerprint density at radius 1 is 1.45 bits per heavy atom. The number of carbonyl (C=O) groups is 1. The smallest absolute Gasteiger partial charge is 0.251 e. The van der Waals surface area contributed by atoms with Gasteiger partial charge in [-0.05, 0) is 30.5 Å². The van der Waals surface area contributed by atoms with Crippen molar-refractivity contribution in [2.45, 2.75) is 33.4 Å². The van der Waals surface area contributed by atoms with Crippen LogP contribution in [0.15, 0.2) is 24.3 Å². The van der Waals surface area contributed by atoms with Crippen molar-refractivity contribution in [1.82, 2.24) is 15.5 Å². The van der Waals surface area contributed by atoms with E-state index in [1.807, 2.05) is 18.2 Å². The minimum absolute atomic E-state index is 0. The number of halogens is 1. The number of amides is 1. The molecule has 0 aromatic heterocycles. The van der Waals surface area contributed by atoms with E-state index in [-0.39, 0.29) is 18.3 Å². The first-order chi connectivity index (χ1) is 10.1. The van der Waals surface area contributed by atoms with Gasteiger partial charge >= 0.3 is 0 Å². The lowest BCUT2D eigenvalue weighted by Crippen LogP contribution is -2.49. The van der Waals surface area contributed by atoms with E-state index in [1.54, 1.807) is 0 Å². The van der Waals surface area contributed by atoms with E-state index in [1.165, 1.54) is 5.56 Å². The van der Waals surface area contributed by atoms with Gasteiger partial charge in [0.15, 0.2) is 0 Å². The fraction of sp³-hybridized carbons (Fsp3) is 0.588. The van der Waals surface area contributed by atoms with E-state index < -0.39 is 0 Å². The second kappa shape index (κ2) is 9.13. The number of rotatable bonds is 5. The van der Waals surface area contributed by atoms with Crippen molar-refractivity contribution in [1.29, 1.82) is 0 Å². The minimum atomic E-state index is 0. The molecular weight excluding hydrogens is 298 g/mol. The van der Waals surface area contributed by atoms with Crippen molar-refractivity contribution in [3.63, 3.8) is 0 Å². The standard InChI is InChI=1S/C17H27N3O.ClH/c1-13(2)10-19-17(21)16-6-4-5-15(9-16)12-20-8-7-18-11-14(20)3;/h4-6,9,13-14,18H,7-8,10-12H2,1-3H3,(H,19,21);1H/t14-;/m0./s1. The summed E-state index contributed by atoms with van der Waals surface area (Å²) in [5.74, 6) is 0.498. The van der Waals surface area contributed by atoms with Crippen LogP contribution >= 0.6 is 12.4 Å². The third kappa shape index (κ3) is 5.59. The SMILES string of the molecule is CC(C)CNC(=O)c1cccc(CN2CCNC[C@@H]2C)c1.Cl. The van der Waals surface area contributed by atoms with Gasteiger partial charge in [0.25, 0.3) is 5.91 Å². The molecule has 0 aliphatic carbocycles. The summed E-state index contributed by atoms with van der Waals surface area (Å²) < 4.78 is 0. The number of piperazine rings is 1. The third-order valence-electron chi connectivity index (χ3n) is 3.88. The Labute approximate surface area is 140 Å². The molecule has 1 amide bonds. The topological polar surface area (TPSA) is 44.4 Å². The quantitative estimate of drug-likeness (QED) is 0.873. The highest BCUT2D eigenvalue weighted by Crippen LogP contribution is 2.12.